The van der Waals surface area contributed by atoms with Crippen LogP contribution in [-0.4, -0.2) is 24.1 Å². The molecule has 0 aromatic heterocycles. The summed E-state index contributed by atoms with van der Waals surface area (Å²) in [7, 11) is 1.72. The number of rotatable bonds is 1. The van der Waals surface area contributed by atoms with Gasteiger partial charge in [0.15, 0.2) is 0 Å². The Labute approximate surface area is 85.5 Å². The Morgan fingerprint density at radius 1 is 1.43 bits per heavy atom. The summed E-state index contributed by atoms with van der Waals surface area (Å²) in [5, 5.41) is 6.13. The van der Waals surface area contributed by atoms with Crippen LogP contribution in [0.1, 0.15) is 20.8 Å². The second-order valence-corrected chi connectivity index (χ2v) is 4.28. The van der Waals surface area contributed by atoms with Gasteiger partial charge in [-0.25, -0.2) is 5.01 Å². The van der Waals surface area contributed by atoms with Crippen molar-refractivity contribution >= 4 is 12.1 Å². The number of nitrogens with zero attached hydrogens (tertiary/aromatic N) is 3. The Balaban J connectivity index is 2.96. The summed E-state index contributed by atoms with van der Waals surface area (Å²) >= 11 is 0. The van der Waals surface area contributed by atoms with E-state index in [9.17, 15) is 0 Å². The van der Waals surface area contributed by atoms with Crippen LogP contribution in [0, 0.1) is 5.41 Å². The highest BCUT2D eigenvalue weighted by Gasteiger charge is 2.20. The van der Waals surface area contributed by atoms with Crippen LogP contribution in [0.25, 0.3) is 0 Å². The van der Waals surface area contributed by atoms with Gasteiger partial charge in [-0.15, -0.1) is 0 Å². The van der Waals surface area contributed by atoms with Gasteiger partial charge in [0.25, 0.3) is 0 Å². The Morgan fingerprint density at radius 2 is 2.07 bits per heavy atom. The third-order valence-corrected chi connectivity index (χ3v) is 1.94. The summed E-state index contributed by atoms with van der Waals surface area (Å²) in [5.74, 6) is 0. The molecular weight excluding hydrogens is 174 g/mol. The maximum Gasteiger partial charge on any atom is 0.111 e. The van der Waals surface area contributed by atoms with Crippen molar-refractivity contribution in [2.24, 2.45) is 15.5 Å². The van der Waals surface area contributed by atoms with Crippen LogP contribution >= 0.6 is 0 Å². The topological polar surface area (TPSA) is 28.0 Å². The van der Waals surface area contributed by atoms with E-state index in [4.69, 9.17) is 0 Å². The zero-order valence-electron chi connectivity index (χ0n) is 9.28. The summed E-state index contributed by atoms with van der Waals surface area (Å²) in [6, 6.07) is 0. The van der Waals surface area contributed by atoms with Gasteiger partial charge in [0.2, 0.25) is 0 Å². The minimum Gasteiger partial charge on any atom is -0.277 e. The van der Waals surface area contributed by atoms with Gasteiger partial charge in [-0.05, 0) is 12.2 Å². The average Bonchev–Trinajstić information content (AvgIpc) is 2.07. The third kappa shape index (κ3) is 2.31. The maximum absolute atomic E-state index is 4.44. The van der Waals surface area contributed by atoms with E-state index >= 15 is 0 Å². The lowest BCUT2D eigenvalue weighted by atomic mass is 9.89. The number of hydrazone groups is 1. The van der Waals surface area contributed by atoms with Crippen LogP contribution < -0.4 is 0 Å². The zero-order chi connectivity index (χ0) is 10.8. The van der Waals surface area contributed by atoms with Gasteiger partial charge >= 0.3 is 0 Å². The van der Waals surface area contributed by atoms with Crippen molar-refractivity contribution in [2.75, 3.05) is 7.05 Å². The fourth-order valence-corrected chi connectivity index (χ4v) is 1.07. The van der Waals surface area contributed by atoms with E-state index in [1.54, 1.807) is 18.4 Å². The molecule has 1 aliphatic rings. The van der Waals surface area contributed by atoms with Crippen LogP contribution in [0.2, 0.25) is 0 Å². The Hall–Kier alpha value is -1.38. The molecule has 0 amide bonds. The van der Waals surface area contributed by atoms with Crippen molar-refractivity contribution in [3.63, 3.8) is 0 Å². The minimum absolute atomic E-state index is 0.0526. The molecule has 0 aliphatic carbocycles. The van der Waals surface area contributed by atoms with Crippen LogP contribution in [0.4, 0.5) is 0 Å². The molecule has 0 fully saturated rings. The van der Waals surface area contributed by atoms with Gasteiger partial charge < -0.3 is 0 Å². The third-order valence-electron chi connectivity index (χ3n) is 1.94. The molecule has 0 saturated heterocycles. The van der Waals surface area contributed by atoms with E-state index in [-0.39, 0.29) is 5.41 Å². The average molecular weight is 191 g/mol. The van der Waals surface area contributed by atoms with Crippen molar-refractivity contribution in [3.8, 4) is 0 Å². The van der Waals surface area contributed by atoms with E-state index in [1.807, 2.05) is 12.2 Å². The summed E-state index contributed by atoms with van der Waals surface area (Å²) in [6.07, 6.45) is 5.62. The highest BCUT2D eigenvalue weighted by molar-refractivity contribution is 6.00. The first kappa shape index (κ1) is 10.7. The molecule has 3 heteroatoms. The van der Waals surface area contributed by atoms with E-state index in [0.29, 0.717) is 0 Å². The monoisotopic (exact) mass is 191 g/mol. The highest BCUT2D eigenvalue weighted by Crippen LogP contribution is 2.21. The van der Waals surface area contributed by atoms with Gasteiger partial charge in [0, 0.05) is 12.5 Å². The van der Waals surface area contributed by atoms with Crippen molar-refractivity contribution in [2.45, 2.75) is 20.8 Å². The molecule has 0 N–H and O–H groups in total. The summed E-state index contributed by atoms with van der Waals surface area (Å²) in [6.45, 7) is 10.3. The summed E-state index contributed by atoms with van der Waals surface area (Å²) < 4.78 is 0. The fraction of sp³-hybridized carbons (Fsp3) is 0.455. The Morgan fingerprint density at radius 3 is 2.57 bits per heavy atom. The maximum atomic E-state index is 4.44. The zero-order valence-corrected chi connectivity index (χ0v) is 9.28. The second-order valence-electron chi connectivity index (χ2n) is 4.28. The standard InChI is InChI=1S/C11H17N3/c1-9-6-7-10(11(2,3)4)13-14(9)8-12-5/h6-8H,1H2,2-5H3. The van der Waals surface area contributed by atoms with E-state index in [1.165, 1.54) is 0 Å². The van der Waals surface area contributed by atoms with Crippen molar-refractivity contribution in [1.82, 2.24) is 5.01 Å². The SMILES string of the molecule is C=C1C=CC(C(C)(C)C)=NN1C=NC. The van der Waals surface area contributed by atoms with Crippen LogP contribution in [0.15, 0.2) is 34.5 Å². The summed E-state index contributed by atoms with van der Waals surface area (Å²) in [4.78, 5) is 3.93. The molecule has 0 radical (unpaired) electrons. The molecule has 0 saturated carbocycles. The smallest absolute Gasteiger partial charge is 0.111 e. The predicted molar refractivity (Wildman–Crippen MR) is 61.4 cm³/mol. The van der Waals surface area contributed by atoms with Gasteiger partial charge in [0.1, 0.15) is 6.34 Å². The first-order chi connectivity index (χ1) is 6.45. The molecule has 3 nitrogen and oxygen atoms in total. The first-order valence-corrected chi connectivity index (χ1v) is 4.63. The van der Waals surface area contributed by atoms with E-state index < -0.39 is 0 Å². The molecule has 1 rings (SSSR count). The van der Waals surface area contributed by atoms with Gasteiger partial charge in [-0.3, -0.25) is 4.99 Å². The molecule has 0 spiro atoms. The molecule has 1 aliphatic heterocycles. The molecule has 0 unspecified atom stereocenters. The van der Waals surface area contributed by atoms with Crippen LogP contribution in [0.3, 0.4) is 0 Å². The van der Waals surface area contributed by atoms with E-state index in [2.05, 4.69) is 37.4 Å². The van der Waals surface area contributed by atoms with Crippen molar-refractivity contribution in [1.29, 1.82) is 0 Å². The molecular formula is C11H17N3. The van der Waals surface area contributed by atoms with Gasteiger partial charge in [-0.2, -0.15) is 5.10 Å². The van der Waals surface area contributed by atoms with Gasteiger partial charge in [0.05, 0.1) is 11.4 Å². The summed E-state index contributed by atoms with van der Waals surface area (Å²) in [5.41, 5.74) is 1.92. The largest absolute Gasteiger partial charge is 0.277 e. The second kappa shape index (κ2) is 3.78. The van der Waals surface area contributed by atoms with Gasteiger partial charge in [-0.1, -0.05) is 27.4 Å². The lowest BCUT2D eigenvalue weighted by molar-refractivity contribution is 0.531. The first-order valence-electron chi connectivity index (χ1n) is 4.63. The quantitative estimate of drug-likeness (QED) is 0.462. The number of hydrogen-bond acceptors (Lipinski definition) is 2. The minimum atomic E-state index is 0.0526. The van der Waals surface area contributed by atoms with Crippen LogP contribution in [0.5, 0.6) is 0 Å². The molecule has 1 heterocycles. The predicted octanol–water partition coefficient (Wildman–Crippen LogP) is 2.43. The molecule has 0 atom stereocenters. The van der Waals surface area contributed by atoms with Crippen molar-refractivity contribution in [3.05, 3.63) is 24.4 Å². The molecule has 76 valence electrons. The lowest BCUT2D eigenvalue weighted by Crippen LogP contribution is -2.26. The molecule has 14 heavy (non-hydrogen) atoms. The normalized spacial score (nSPS) is 17.9. The molecule has 0 aromatic rings. The fourth-order valence-electron chi connectivity index (χ4n) is 1.07. The molecule has 0 aromatic carbocycles. The number of hydrogen-bond donors (Lipinski definition) is 0. The van der Waals surface area contributed by atoms with Crippen LogP contribution in [-0.2, 0) is 0 Å². The van der Waals surface area contributed by atoms with Crippen molar-refractivity contribution < 1.29 is 0 Å². The number of aliphatic imine (C=N–C) groups is 1. The number of allylic oxidation sites excluding steroid dienone is 2. The highest BCUT2D eigenvalue weighted by atomic mass is 15.5. The molecule has 0 bridgehead atoms. The van der Waals surface area contributed by atoms with E-state index in [0.717, 1.165) is 11.4 Å². The Bertz CT molecular complexity index is 316. The Kier molecular flexibility index (Phi) is 2.89. The lowest BCUT2D eigenvalue weighted by Gasteiger charge is -2.25.